The Morgan fingerprint density at radius 2 is 1.88 bits per heavy atom. The van der Waals surface area contributed by atoms with Gasteiger partial charge in [-0.05, 0) is 30.7 Å². The van der Waals surface area contributed by atoms with Gasteiger partial charge in [0, 0.05) is 34.1 Å². The number of nitrogens with one attached hydrogen (secondary N) is 1. The van der Waals surface area contributed by atoms with Crippen LogP contribution in [0.4, 0.5) is 5.13 Å². The normalized spacial score (nSPS) is 15.0. The minimum Gasteiger partial charge on any atom is -0.379 e. The van der Waals surface area contributed by atoms with Crippen LogP contribution in [0.3, 0.4) is 0 Å². The second-order valence-electron chi connectivity index (χ2n) is 7.78. The van der Waals surface area contributed by atoms with Crippen LogP contribution in [0.1, 0.15) is 15.2 Å². The number of fused-ring (bicyclic) bond motifs is 1. The quantitative estimate of drug-likeness (QED) is 0.378. The molecule has 1 saturated heterocycles. The SMILES string of the molecule is Cc1ccc2c(Cl)c(C(=O)Nc3nc(-c4ccc(S(=O)(=O)N5CCOCC5)cc4)cs3)sc2c1. The van der Waals surface area contributed by atoms with Gasteiger partial charge in [0.05, 0.1) is 28.8 Å². The molecule has 2 aromatic carbocycles. The molecule has 0 saturated carbocycles. The van der Waals surface area contributed by atoms with Gasteiger partial charge in [0.15, 0.2) is 5.13 Å². The molecule has 0 bridgehead atoms. The van der Waals surface area contributed by atoms with Gasteiger partial charge in [-0.25, -0.2) is 13.4 Å². The Kier molecular flexibility index (Phi) is 6.45. The van der Waals surface area contributed by atoms with E-state index in [1.54, 1.807) is 24.3 Å². The highest BCUT2D eigenvalue weighted by atomic mass is 35.5. The summed E-state index contributed by atoms with van der Waals surface area (Å²) < 4.78 is 33.2. The molecule has 2 aromatic heterocycles. The van der Waals surface area contributed by atoms with E-state index >= 15 is 0 Å². The summed E-state index contributed by atoms with van der Waals surface area (Å²) >= 11 is 9.09. The molecule has 11 heteroatoms. The zero-order valence-corrected chi connectivity index (χ0v) is 21.3. The molecular weight excluding hydrogens is 514 g/mol. The predicted molar refractivity (Wildman–Crippen MR) is 137 cm³/mol. The summed E-state index contributed by atoms with van der Waals surface area (Å²) in [7, 11) is -3.55. The Hall–Kier alpha value is -2.34. The molecule has 4 aromatic rings. The van der Waals surface area contributed by atoms with E-state index < -0.39 is 10.0 Å². The smallest absolute Gasteiger partial charge is 0.269 e. The maximum atomic E-state index is 12.8. The second kappa shape index (κ2) is 9.37. The first-order valence-electron chi connectivity index (χ1n) is 10.5. The number of thiazole rings is 1. The van der Waals surface area contributed by atoms with Crippen molar-refractivity contribution in [1.82, 2.24) is 9.29 Å². The highest BCUT2D eigenvalue weighted by molar-refractivity contribution is 7.89. The maximum absolute atomic E-state index is 12.8. The summed E-state index contributed by atoms with van der Waals surface area (Å²) in [6.45, 7) is 3.49. The Morgan fingerprint density at radius 1 is 1.15 bits per heavy atom. The van der Waals surface area contributed by atoms with Crippen LogP contribution in [0.2, 0.25) is 5.02 Å². The minimum absolute atomic E-state index is 0.233. The number of carbonyl (C=O) groups is 1. The third kappa shape index (κ3) is 4.49. The Bertz CT molecular complexity index is 1470. The first-order chi connectivity index (χ1) is 16.3. The fourth-order valence-electron chi connectivity index (χ4n) is 3.67. The van der Waals surface area contributed by atoms with Gasteiger partial charge in [0.2, 0.25) is 10.0 Å². The van der Waals surface area contributed by atoms with E-state index in [0.29, 0.717) is 47.0 Å². The number of nitrogens with zero attached hydrogens (tertiary/aromatic N) is 2. The van der Waals surface area contributed by atoms with Crippen LogP contribution in [0.15, 0.2) is 52.7 Å². The Balaban J connectivity index is 1.32. The number of hydrogen-bond donors (Lipinski definition) is 1. The van der Waals surface area contributed by atoms with E-state index in [1.165, 1.54) is 27.0 Å². The molecular formula is C23H20ClN3O4S3. The molecule has 0 atom stereocenters. The lowest BCUT2D eigenvalue weighted by Gasteiger charge is -2.26. The number of sulfonamides is 1. The first-order valence-corrected chi connectivity index (χ1v) is 14.0. The second-order valence-corrected chi connectivity index (χ2v) is 12.0. The van der Waals surface area contributed by atoms with Gasteiger partial charge in [0.25, 0.3) is 5.91 Å². The number of carbonyl (C=O) groups excluding carboxylic acids is 1. The average molecular weight is 534 g/mol. The third-order valence-electron chi connectivity index (χ3n) is 5.47. The number of morpholine rings is 1. The number of anilines is 1. The number of aryl methyl sites for hydroxylation is 1. The summed E-state index contributed by atoms with van der Waals surface area (Å²) in [5.41, 5.74) is 2.51. The van der Waals surface area contributed by atoms with Crippen molar-refractivity contribution in [1.29, 1.82) is 0 Å². The highest BCUT2D eigenvalue weighted by Gasteiger charge is 2.26. The van der Waals surface area contributed by atoms with Gasteiger partial charge in [-0.2, -0.15) is 4.31 Å². The maximum Gasteiger partial charge on any atom is 0.269 e. The van der Waals surface area contributed by atoms with Crippen LogP contribution in [-0.4, -0.2) is 49.9 Å². The lowest BCUT2D eigenvalue weighted by Crippen LogP contribution is -2.40. The third-order valence-corrected chi connectivity index (χ3v) is 9.80. The number of hydrogen-bond acceptors (Lipinski definition) is 7. The molecule has 0 radical (unpaired) electrons. The molecule has 34 heavy (non-hydrogen) atoms. The molecule has 0 spiro atoms. The first kappa shape index (κ1) is 23.4. The molecule has 1 amide bonds. The summed E-state index contributed by atoms with van der Waals surface area (Å²) in [6.07, 6.45) is 0. The largest absolute Gasteiger partial charge is 0.379 e. The molecule has 7 nitrogen and oxygen atoms in total. The van der Waals surface area contributed by atoms with Crippen molar-refractivity contribution >= 4 is 65.4 Å². The van der Waals surface area contributed by atoms with Crippen molar-refractivity contribution in [2.45, 2.75) is 11.8 Å². The van der Waals surface area contributed by atoms with Gasteiger partial charge >= 0.3 is 0 Å². The molecule has 1 N–H and O–H groups in total. The zero-order chi connectivity index (χ0) is 23.9. The van der Waals surface area contributed by atoms with Crippen molar-refractivity contribution in [2.75, 3.05) is 31.6 Å². The lowest BCUT2D eigenvalue weighted by molar-refractivity contribution is 0.0730. The number of ether oxygens (including phenoxy) is 1. The number of amides is 1. The summed E-state index contributed by atoms with van der Waals surface area (Å²) in [5, 5.41) is 6.37. The van der Waals surface area contributed by atoms with E-state index in [0.717, 1.165) is 21.2 Å². The van der Waals surface area contributed by atoms with Crippen molar-refractivity contribution < 1.29 is 17.9 Å². The zero-order valence-electron chi connectivity index (χ0n) is 18.1. The lowest BCUT2D eigenvalue weighted by atomic mass is 10.2. The van der Waals surface area contributed by atoms with Crippen molar-refractivity contribution in [2.24, 2.45) is 0 Å². The van der Waals surface area contributed by atoms with Crippen LogP contribution in [0.25, 0.3) is 21.3 Å². The number of aromatic nitrogens is 1. The fraction of sp³-hybridized carbons (Fsp3) is 0.217. The van der Waals surface area contributed by atoms with Crippen molar-refractivity contribution in [3.8, 4) is 11.3 Å². The van der Waals surface area contributed by atoms with Gasteiger partial charge in [-0.15, -0.1) is 22.7 Å². The summed E-state index contributed by atoms with van der Waals surface area (Å²) in [4.78, 5) is 18.0. The fourth-order valence-corrected chi connectivity index (χ4v) is 7.30. The highest BCUT2D eigenvalue weighted by Crippen LogP contribution is 2.36. The van der Waals surface area contributed by atoms with Gasteiger partial charge < -0.3 is 4.74 Å². The summed E-state index contributed by atoms with van der Waals surface area (Å²) in [5.74, 6) is -0.309. The van der Waals surface area contributed by atoms with Crippen LogP contribution in [-0.2, 0) is 14.8 Å². The van der Waals surface area contributed by atoms with Gasteiger partial charge in [0.1, 0.15) is 4.88 Å². The average Bonchev–Trinajstić information content (AvgIpc) is 3.44. The molecule has 3 heterocycles. The van der Waals surface area contributed by atoms with Crippen LogP contribution < -0.4 is 5.32 Å². The molecule has 1 fully saturated rings. The van der Waals surface area contributed by atoms with E-state index in [4.69, 9.17) is 16.3 Å². The van der Waals surface area contributed by atoms with Crippen LogP contribution >= 0.6 is 34.3 Å². The number of benzene rings is 2. The van der Waals surface area contributed by atoms with Gasteiger partial charge in [-0.3, -0.25) is 10.1 Å². The monoisotopic (exact) mass is 533 g/mol. The molecule has 0 unspecified atom stereocenters. The predicted octanol–water partition coefficient (Wildman–Crippen LogP) is 5.26. The topological polar surface area (TPSA) is 88.6 Å². The van der Waals surface area contributed by atoms with E-state index in [1.807, 2.05) is 30.5 Å². The molecule has 5 rings (SSSR count). The molecule has 0 aliphatic carbocycles. The summed E-state index contributed by atoms with van der Waals surface area (Å²) in [6, 6.07) is 12.5. The van der Waals surface area contributed by atoms with Gasteiger partial charge in [-0.1, -0.05) is 35.9 Å². The molecule has 1 aliphatic rings. The van der Waals surface area contributed by atoms with E-state index in [2.05, 4.69) is 10.3 Å². The molecule has 176 valence electrons. The van der Waals surface area contributed by atoms with Crippen LogP contribution in [0, 0.1) is 6.92 Å². The van der Waals surface area contributed by atoms with Crippen molar-refractivity contribution in [3.05, 3.63) is 63.3 Å². The van der Waals surface area contributed by atoms with Crippen molar-refractivity contribution in [3.63, 3.8) is 0 Å². The number of thiophene rings is 1. The van der Waals surface area contributed by atoms with Crippen LogP contribution in [0.5, 0.6) is 0 Å². The van der Waals surface area contributed by atoms with E-state index in [9.17, 15) is 13.2 Å². The van der Waals surface area contributed by atoms with E-state index in [-0.39, 0.29) is 10.8 Å². The minimum atomic E-state index is -3.55. The molecule has 1 aliphatic heterocycles. The number of halogens is 1. The Morgan fingerprint density at radius 3 is 2.62 bits per heavy atom. The number of rotatable bonds is 5. The standard InChI is InChI=1S/C23H20ClN3O4S3/c1-14-2-7-17-19(12-14)33-21(20(17)24)22(28)26-23-25-18(13-32-23)15-3-5-16(6-4-15)34(29,30)27-8-10-31-11-9-27/h2-7,12-13H,8-11H2,1H3,(H,25,26,28). The Labute approximate surface area is 210 Å².